The highest BCUT2D eigenvalue weighted by molar-refractivity contribution is 5.97. The van der Waals surface area contributed by atoms with Gasteiger partial charge in [-0.15, -0.1) is 0 Å². The lowest BCUT2D eigenvalue weighted by Gasteiger charge is -2.34. The zero-order valence-electron chi connectivity index (χ0n) is 24.3. The number of carbonyl (C=O) groups is 2. The number of fused-ring (bicyclic) bond motifs is 1. The molecule has 3 amide bonds. The van der Waals surface area contributed by atoms with E-state index in [1.165, 1.54) is 18.2 Å². The molecule has 0 aromatic carbocycles. The molecule has 228 valence electrons. The molecule has 0 spiro atoms. The highest BCUT2D eigenvalue weighted by Crippen LogP contribution is 2.40. The molecule has 2 aliphatic carbocycles. The maximum Gasteiger partial charge on any atom is 0.417 e. The molecule has 1 aromatic rings. The summed E-state index contributed by atoms with van der Waals surface area (Å²) in [6, 6.07) is -0.299. The van der Waals surface area contributed by atoms with E-state index in [9.17, 15) is 27.9 Å². The summed E-state index contributed by atoms with van der Waals surface area (Å²) in [5, 5.41) is 18.7. The van der Waals surface area contributed by atoms with Crippen molar-refractivity contribution >= 4 is 17.6 Å². The summed E-state index contributed by atoms with van der Waals surface area (Å²) in [7, 11) is 3.96. The van der Waals surface area contributed by atoms with E-state index in [-0.39, 0.29) is 29.9 Å². The molecule has 1 aromatic heterocycles. The van der Waals surface area contributed by atoms with E-state index in [0.29, 0.717) is 30.3 Å². The van der Waals surface area contributed by atoms with Gasteiger partial charge < -0.3 is 30.5 Å². The Labute approximate surface area is 243 Å². The average molecular weight is 589 g/mol. The van der Waals surface area contributed by atoms with Crippen molar-refractivity contribution < 1.29 is 27.9 Å². The number of allylic oxidation sites excluding steroid dienone is 5. The molecule has 0 bridgehead atoms. The van der Waals surface area contributed by atoms with E-state index in [1.807, 2.05) is 50.0 Å². The maximum absolute atomic E-state index is 13.2. The predicted molar refractivity (Wildman–Crippen MR) is 153 cm³/mol. The number of alkyl halides is 3. The van der Waals surface area contributed by atoms with Gasteiger partial charge in [-0.05, 0) is 71.3 Å². The minimum atomic E-state index is -4.78. The van der Waals surface area contributed by atoms with Crippen LogP contribution in [0.15, 0.2) is 65.7 Å². The quantitative estimate of drug-likeness (QED) is 0.327. The number of nitrogens with one attached hydrogen (secondary N) is 3. The van der Waals surface area contributed by atoms with Gasteiger partial charge in [0.25, 0.3) is 5.91 Å². The third-order valence-corrected chi connectivity index (χ3v) is 8.14. The third kappa shape index (κ3) is 7.04. The van der Waals surface area contributed by atoms with Gasteiger partial charge in [-0.25, -0.2) is 9.78 Å². The molecule has 0 radical (unpaired) electrons. The summed E-state index contributed by atoms with van der Waals surface area (Å²) in [6.45, 7) is 4.75. The molecule has 2 heterocycles. The van der Waals surface area contributed by atoms with Crippen molar-refractivity contribution in [2.75, 3.05) is 27.2 Å². The first kappa shape index (κ1) is 31.3. The predicted octanol–water partition coefficient (Wildman–Crippen LogP) is 3.89. The smallest absolute Gasteiger partial charge is 0.380 e. The number of hydrogen-bond acceptors (Lipinski definition) is 5. The normalized spacial score (nSPS) is 23.6. The number of halogens is 3. The molecule has 4 unspecified atom stereocenters. The van der Waals surface area contributed by atoms with Crippen LogP contribution in [0.1, 0.15) is 38.9 Å². The van der Waals surface area contributed by atoms with Crippen LogP contribution in [0.25, 0.3) is 5.70 Å². The van der Waals surface area contributed by atoms with Gasteiger partial charge in [0.2, 0.25) is 0 Å². The molecule has 9 nitrogen and oxygen atoms in total. The zero-order chi connectivity index (χ0) is 30.7. The van der Waals surface area contributed by atoms with Gasteiger partial charge >= 0.3 is 12.2 Å². The van der Waals surface area contributed by atoms with Crippen molar-refractivity contribution in [3.8, 4) is 0 Å². The van der Waals surface area contributed by atoms with E-state index >= 15 is 0 Å². The number of urea groups is 1. The monoisotopic (exact) mass is 588 g/mol. The summed E-state index contributed by atoms with van der Waals surface area (Å²) < 4.78 is 41.7. The highest BCUT2D eigenvalue weighted by atomic mass is 19.4. The molecule has 12 heteroatoms. The Morgan fingerprint density at radius 2 is 1.95 bits per heavy atom. The first-order chi connectivity index (χ1) is 19.8. The molecule has 4 atom stereocenters. The van der Waals surface area contributed by atoms with Gasteiger partial charge in [-0.3, -0.25) is 4.79 Å². The van der Waals surface area contributed by atoms with Gasteiger partial charge in [0, 0.05) is 48.6 Å². The molecular formula is C30H39F3N6O3. The maximum atomic E-state index is 13.2. The summed E-state index contributed by atoms with van der Waals surface area (Å²) in [4.78, 5) is 32.1. The standard InChI is InChI=1S/C30H39F3N6O3/c1-19-23(21-17-25(26-34-14-16-39(26)18-21)37-28(41)35-13-6-15-38(3)4)7-5-8-24(19)36-27(40)20-9-11-22(12-10-20)29(2,42)30(31,32)33/h5,8-11,14,16-17,21-23,42H,6-7,12-13,15,18H2,1-4H3,(H,36,40)(H2,35,37,41). The van der Waals surface area contributed by atoms with Crippen molar-refractivity contribution in [2.24, 2.45) is 17.8 Å². The van der Waals surface area contributed by atoms with Gasteiger partial charge in [0.05, 0.1) is 5.70 Å². The second kappa shape index (κ2) is 12.7. The molecule has 42 heavy (non-hydrogen) atoms. The first-order valence-electron chi connectivity index (χ1n) is 14.1. The largest absolute Gasteiger partial charge is 0.417 e. The lowest BCUT2D eigenvalue weighted by Crippen LogP contribution is -2.48. The van der Waals surface area contributed by atoms with Gasteiger partial charge in [-0.1, -0.05) is 30.4 Å². The Balaban J connectivity index is 1.44. The van der Waals surface area contributed by atoms with Crippen LogP contribution >= 0.6 is 0 Å². The minimum absolute atomic E-state index is 0.00624. The number of hydrogen-bond donors (Lipinski definition) is 4. The van der Waals surface area contributed by atoms with Crippen LogP contribution in [-0.2, 0) is 11.3 Å². The van der Waals surface area contributed by atoms with E-state index in [2.05, 4.69) is 25.8 Å². The second-order valence-electron chi connectivity index (χ2n) is 11.5. The summed E-state index contributed by atoms with van der Waals surface area (Å²) >= 11 is 0. The number of aromatic nitrogens is 2. The minimum Gasteiger partial charge on any atom is -0.380 e. The number of aliphatic hydroxyl groups is 1. The Kier molecular flexibility index (Phi) is 9.47. The fourth-order valence-electron chi connectivity index (χ4n) is 5.46. The van der Waals surface area contributed by atoms with Crippen LogP contribution in [0.5, 0.6) is 0 Å². The fraction of sp³-hybridized carbons (Fsp3) is 0.500. The molecule has 0 saturated heterocycles. The van der Waals surface area contributed by atoms with Crippen molar-refractivity contribution in [1.82, 2.24) is 30.4 Å². The number of imidazole rings is 1. The summed E-state index contributed by atoms with van der Waals surface area (Å²) in [5.41, 5.74) is -0.432. The Morgan fingerprint density at radius 1 is 1.19 bits per heavy atom. The lowest BCUT2D eigenvalue weighted by molar-refractivity contribution is -0.266. The van der Waals surface area contributed by atoms with Gasteiger partial charge in [0.15, 0.2) is 11.4 Å². The Morgan fingerprint density at radius 3 is 2.62 bits per heavy atom. The van der Waals surface area contributed by atoms with Crippen molar-refractivity contribution in [3.05, 3.63) is 71.5 Å². The number of nitrogens with zero attached hydrogens (tertiary/aromatic N) is 3. The topological polar surface area (TPSA) is 112 Å². The van der Waals surface area contributed by atoms with E-state index in [0.717, 1.165) is 31.9 Å². The number of amides is 3. The summed E-state index contributed by atoms with van der Waals surface area (Å²) in [5.74, 6) is -0.895. The van der Waals surface area contributed by atoms with Crippen molar-refractivity contribution in [1.29, 1.82) is 0 Å². The Hall–Kier alpha value is -3.64. The molecule has 0 fully saturated rings. The summed E-state index contributed by atoms with van der Waals surface area (Å²) in [6.07, 6.45) is 10.1. The fourth-order valence-corrected chi connectivity index (χ4v) is 5.46. The van der Waals surface area contributed by atoms with Crippen LogP contribution in [0.3, 0.4) is 0 Å². The molecular weight excluding hydrogens is 549 g/mol. The van der Waals surface area contributed by atoms with Crippen molar-refractivity contribution in [2.45, 2.75) is 51.4 Å². The number of rotatable bonds is 9. The van der Waals surface area contributed by atoms with E-state index in [1.54, 1.807) is 6.20 Å². The highest BCUT2D eigenvalue weighted by Gasteiger charge is 2.54. The van der Waals surface area contributed by atoms with Crippen LogP contribution in [0.2, 0.25) is 0 Å². The van der Waals surface area contributed by atoms with Gasteiger partial charge in [0.1, 0.15) is 0 Å². The van der Waals surface area contributed by atoms with Crippen LogP contribution < -0.4 is 16.0 Å². The second-order valence-corrected chi connectivity index (χ2v) is 11.5. The van der Waals surface area contributed by atoms with Crippen LogP contribution in [0.4, 0.5) is 18.0 Å². The number of carbonyl (C=O) groups excluding carboxylic acids is 2. The van der Waals surface area contributed by atoms with E-state index < -0.39 is 23.6 Å². The van der Waals surface area contributed by atoms with Crippen LogP contribution in [-0.4, -0.2) is 70.5 Å². The molecule has 0 saturated carbocycles. The SMILES string of the molecule is CC1=C(NC(=O)C2=CCC(C(C)(O)C(F)(F)F)C=C2)C=CCC1C1C=C(NC(=O)NCCCN(C)C)c2nccn2C1. The Bertz CT molecular complexity index is 1340. The molecule has 4 N–H and O–H groups in total. The zero-order valence-corrected chi connectivity index (χ0v) is 24.3. The third-order valence-electron chi connectivity index (χ3n) is 8.14. The first-order valence-corrected chi connectivity index (χ1v) is 14.1. The lowest BCUT2D eigenvalue weighted by atomic mass is 9.79. The van der Waals surface area contributed by atoms with Crippen molar-refractivity contribution in [3.63, 3.8) is 0 Å². The molecule has 4 rings (SSSR count). The average Bonchev–Trinajstić information content (AvgIpc) is 3.41. The van der Waals surface area contributed by atoms with Crippen LogP contribution in [0, 0.1) is 17.8 Å². The van der Waals surface area contributed by atoms with Gasteiger partial charge in [-0.2, -0.15) is 13.2 Å². The molecule has 3 aliphatic rings. The molecule has 1 aliphatic heterocycles. The van der Waals surface area contributed by atoms with E-state index in [4.69, 9.17) is 0 Å².